The molecule has 4 rings (SSSR count). The maximum absolute atomic E-state index is 13.1. The van der Waals surface area contributed by atoms with Crippen LogP contribution < -0.4 is 25.6 Å². The number of hydrogen-bond donors (Lipinski definition) is 3. The molecule has 3 N–H and O–H groups in total. The molecular weight excluding hydrogens is 398 g/mol. The number of urea groups is 1. The van der Waals surface area contributed by atoms with Gasteiger partial charge in [0.05, 0.1) is 12.8 Å². The molecule has 0 unspecified atom stereocenters. The van der Waals surface area contributed by atoms with Gasteiger partial charge in [-0.1, -0.05) is 0 Å². The molecule has 3 heterocycles. The molecule has 4 amide bonds. The maximum atomic E-state index is 13.1. The van der Waals surface area contributed by atoms with E-state index in [9.17, 15) is 14.4 Å². The molecule has 0 radical (unpaired) electrons. The summed E-state index contributed by atoms with van der Waals surface area (Å²) >= 11 is 0. The molecule has 1 aromatic carbocycles. The van der Waals surface area contributed by atoms with E-state index in [1.807, 2.05) is 4.90 Å². The van der Waals surface area contributed by atoms with E-state index in [0.29, 0.717) is 42.2 Å². The second kappa shape index (κ2) is 9.65. The van der Waals surface area contributed by atoms with Crippen molar-refractivity contribution in [2.45, 2.75) is 44.2 Å². The van der Waals surface area contributed by atoms with E-state index in [0.717, 1.165) is 38.8 Å². The van der Waals surface area contributed by atoms with Gasteiger partial charge in [-0.05, 0) is 57.0 Å². The highest BCUT2D eigenvalue weighted by Gasteiger charge is 2.29. The number of ether oxygens (including phenoxy) is 1. The molecule has 31 heavy (non-hydrogen) atoms. The van der Waals surface area contributed by atoms with Crippen molar-refractivity contribution in [1.82, 2.24) is 20.9 Å². The SMILES string of the molecule is COc1ccc(C(=O)N2CCC(NC3CCNCC3)CC2)cc1N1CCC(=O)NC1=O. The number of piperidine rings is 2. The monoisotopic (exact) mass is 429 g/mol. The lowest BCUT2D eigenvalue weighted by Gasteiger charge is -2.36. The number of nitrogens with one attached hydrogen (secondary N) is 3. The van der Waals surface area contributed by atoms with Gasteiger partial charge in [0.25, 0.3) is 5.91 Å². The second-order valence-electron chi connectivity index (χ2n) is 8.40. The molecule has 0 spiro atoms. The lowest BCUT2D eigenvalue weighted by atomic mass is 9.99. The van der Waals surface area contributed by atoms with Crippen molar-refractivity contribution in [1.29, 1.82) is 0 Å². The summed E-state index contributed by atoms with van der Waals surface area (Å²) in [4.78, 5) is 40.2. The van der Waals surface area contributed by atoms with Gasteiger partial charge in [-0.3, -0.25) is 19.8 Å². The molecule has 1 aromatic rings. The Bertz CT molecular complexity index is 831. The van der Waals surface area contributed by atoms with E-state index in [1.165, 1.54) is 12.0 Å². The Kier molecular flexibility index (Phi) is 6.72. The number of likely N-dealkylation sites (tertiary alicyclic amines) is 1. The van der Waals surface area contributed by atoms with Crippen molar-refractivity contribution in [3.05, 3.63) is 23.8 Å². The first kappa shape index (κ1) is 21.6. The van der Waals surface area contributed by atoms with E-state index in [4.69, 9.17) is 4.74 Å². The quantitative estimate of drug-likeness (QED) is 0.648. The van der Waals surface area contributed by atoms with Crippen molar-refractivity contribution in [3.8, 4) is 5.75 Å². The third-order valence-electron chi connectivity index (χ3n) is 6.36. The Morgan fingerprint density at radius 3 is 2.45 bits per heavy atom. The number of nitrogens with zero attached hydrogens (tertiary/aromatic N) is 2. The zero-order chi connectivity index (χ0) is 21.8. The Morgan fingerprint density at radius 1 is 1.06 bits per heavy atom. The number of benzene rings is 1. The van der Waals surface area contributed by atoms with Crippen LogP contribution in [0.15, 0.2) is 18.2 Å². The number of imide groups is 1. The van der Waals surface area contributed by atoms with Crippen LogP contribution in [0.3, 0.4) is 0 Å². The van der Waals surface area contributed by atoms with Crippen molar-refractivity contribution < 1.29 is 19.1 Å². The molecule has 3 saturated heterocycles. The normalized spacial score (nSPS) is 21.2. The van der Waals surface area contributed by atoms with Gasteiger partial charge in [-0.15, -0.1) is 0 Å². The molecule has 9 heteroatoms. The van der Waals surface area contributed by atoms with Gasteiger partial charge in [-0.25, -0.2) is 4.79 Å². The lowest BCUT2D eigenvalue weighted by molar-refractivity contribution is -0.120. The predicted octanol–water partition coefficient (Wildman–Crippen LogP) is 1.09. The van der Waals surface area contributed by atoms with Crippen LogP contribution in [0.25, 0.3) is 0 Å². The minimum absolute atomic E-state index is 0.0438. The molecule has 168 valence electrons. The molecule has 9 nitrogen and oxygen atoms in total. The first-order valence-electron chi connectivity index (χ1n) is 11.1. The summed E-state index contributed by atoms with van der Waals surface area (Å²) in [5.74, 6) is 0.150. The van der Waals surface area contributed by atoms with Gasteiger partial charge in [0.1, 0.15) is 5.75 Å². The van der Waals surface area contributed by atoms with Crippen LogP contribution in [0.5, 0.6) is 5.75 Å². The summed E-state index contributed by atoms with van der Waals surface area (Å²) in [5, 5.41) is 9.46. The maximum Gasteiger partial charge on any atom is 0.328 e. The molecule has 3 aliphatic rings. The first-order valence-corrected chi connectivity index (χ1v) is 11.1. The third kappa shape index (κ3) is 4.99. The topological polar surface area (TPSA) is 103 Å². The third-order valence-corrected chi connectivity index (χ3v) is 6.36. The molecule has 3 fully saturated rings. The number of anilines is 1. The van der Waals surface area contributed by atoms with E-state index in [-0.39, 0.29) is 24.8 Å². The Balaban J connectivity index is 1.40. The lowest BCUT2D eigenvalue weighted by Crippen LogP contribution is -2.50. The van der Waals surface area contributed by atoms with Gasteiger partial charge < -0.3 is 20.3 Å². The molecule has 0 aliphatic carbocycles. The van der Waals surface area contributed by atoms with Crippen LogP contribution >= 0.6 is 0 Å². The molecule has 0 saturated carbocycles. The highest BCUT2D eigenvalue weighted by molar-refractivity contribution is 6.07. The first-order chi connectivity index (χ1) is 15.0. The number of carbonyl (C=O) groups excluding carboxylic acids is 3. The summed E-state index contributed by atoms with van der Waals surface area (Å²) < 4.78 is 5.40. The Morgan fingerprint density at radius 2 is 1.77 bits per heavy atom. The predicted molar refractivity (Wildman–Crippen MR) is 116 cm³/mol. The van der Waals surface area contributed by atoms with Crippen LogP contribution in [-0.2, 0) is 4.79 Å². The summed E-state index contributed by atoms with van der Waals surface area (Å²) in [6.45, 7) is 3.81. The van der Waals surface area contributed by atoms with Crippen LogP contribution in [-0.4, -0.2) is 74.7 Å². The minimum Gasteiger partial charge on any atom is -0.495 e. The van der Waals surface area contributed by atoms with E-state index in [2.05, 4.69) is 16.0 Å². The van der Waals surface area contributed by atoms with Crippen molar-refractivity contribution in [2.24, 2.45) is 0 Å². The number of methoxy groups -OCH3 is 1. The highest BCUT2D eigenvalue weighted by Crippen LogP contribution is 2.31. The standard InChI is InChI=1S/C22H31N5O4/c1-31-19-3-2-15(14-18(19)27-13-8-20(28)25-22(27)30)21(29)26-11-6-17(7-12-26)24-16-4-9-23-10-5-16/h2-3,14,16-17,23-24H,4-13H2,1H3,(H,25,28,30). The van der Waals surface area contributed by atoms with Gasteiger partial charge in [0.2, 0.25) is 5.91 Å². The van der Waals surface area contributed by atoms with E-state index < -0.39 is 6.03 Å². The second-order valence-corrected chi connectivity index (χ2v) is 8.40. The number of rotatable bonds is 5. The molecule has 0 bridgehead atoms. The van der Waals surface area contributed by atoms with Crippen molar-refractivity contribution >= 4 is 23.5 Å². The summed E-state index contributed by atoms with van der Waals surface area (Å²) in [6.07, 6.45) is 4.40. The highest BCUT2D eigenvalue weighted by atomic mass is 16.5. The average molecular weight is 430 g/mol. The van der Waals surface area contributed by atoms with Crippen molar-refractivity contribution in [2.75, 3.05) is 44.7 Å². The summed E-state index contributed by atoms with van der Waals surface area (Å²) in [5.41, 5.74) is 1.02. The molecule has 0 atom stereocenters. The van der Waals surface area contributed by atoms with E-state index >= 15 is 0 Å². The summed E-state index contributed by atoms with van der Waals surface area (Å²) in [6, 6.07) is 5.65. The number of amides is 4. The van der Waals surface area contributed by atoms with Crippen LogP contribution in [0.2, 0.25) is 0 Å². The average Bonchev–Trinajstić information content (AvgIpc) is 2.79. The fraction of sp³-hybridized carbons (Fsp3) is 0.591. The van der Waals surface area contributed by atoms with Gasteiger partial charge in [0, 0.05) is 43.7 Å². The zero-order valence-corrected chi connectivity index (χ0v) is 18.0. The number of hydrogen-bond acceptors (Lipinski definition) is 6. The number of carbonyl (C=O) groups is 3. The molecule has 3 aliphatic heterocycles. The molecule has 0 aromatic heterocycles. The van der Waals surface area contributed by atoms with Crippen LogP contribution in [0.4, 0.5) is 10.5 Å². The zero-order valence-electron chi connectivity index (χ0n) is 18.0. The van der Waals surface area contributed by atoms with Gasteiger partial charge >= 0.3 is 6.03 Å². The molecular formula is C22H31N5O4. The fourth-order valence-corrected chi connectivity index (χ4v) is 4.58. The largest absolute Gasteiger partial charge is 0.495 e. The van der Waals surface area contributed by atoms with Crippen LogP contribution in [0, 0.1) is 0 Å². The van der Waals surface area contributed by atoms with E-state index in [1.54, 1.807) is 18.2 Å². The minimum atomic E-state index is -0.496. The van der Waals surface area contributed by atoms with Crippen LogP contribution in [0.1, 0.15) is 42.5 Å². The van der Waals surface area contributed by atoms with Crippen molar-refractivity contribution in [3.63, 3.8) is 0 Å². The fourth-order valence-electron chi connectivity index (χ4n) is 4.58. The smallest absolute Gasteiger partial charge is 0.328 e. The Labute approximate surface area is 182 Å². The van der Waals surface area contributed by atoms with Gasteiger partial charge in [0.15, 0.2) is 0 Å². The summed E-state index contributed by atoms with van der Waals surface area (Å²) in [7, 11) is 1.52. The van der Waals surface area contributed by atoms with Gasteiger partial charge in [-0.2, -0.15) is 0 Å². The Hall–Kier alpha value is -2.65.